The topological polar surface area (TPSA) is 107 Å². The number of ether oxygens (including phenoxy) is 4. The van der Waals surface area contributed by atoms with Gasteiger partial charge in [0.2, 0.25) is 6.79 Å². The van der Waals surface area contributed by atoms with Gasteiger partial charge < -0.3 is 24.3 Å². The monoisotopic (exact) mass is 443 g/mol. The molecule has 2 aromatic rings. The zero-order chi connectivity index (χ0) is 22.2. The van der Waals surface area contributed by atoms with Gasteiger partial charge in [0.05, 0.1) is 24.9 Å². The van der Waals surface area contributed by atoms with Crippen LogP contribution in [0.2, 0.25) is 5.02 Å². The van der Waals surface area contributed by atoms with Crippen LogP contribution in [-0.4, -0.2) is 45.1 Å². The van der Waals surface area contributed by atoms with Crippen LogP contribution >= 0.6 is 11.6 Å². The number of hydrogen-bond donors (Lipinski definition) is 2. The molecule has 2 aromatic carbocycles. The second-order valence-corrected chi connectivity index (χ2v) is 6.48. The molecule has 1 aliphatic heterocycles. The number of carbonyl (C=O) groups excluding carboxylic acids is 2. The van der Waals surface area contributed by atoms with Crippen LogP contribution in [0.4, 0.5) is 0 Å². The van der Waals surface area contributed by atoms with Crippen molar-refractivity contribution in [2.24, 2.45) is 5.10 Å². The fraction of sp³-hybridized carbons (Fsp3) is 0.190. The molecule has 9 nitrogen and oxygen atoms in total. The summed E-state index contributed by atoms with van der Waals surface area (Å²) in [4.78, 5) is 24.1. The molecule has 0 saturated heterocycles. The number of hydrogen-bond acceptors (Lipinski definition) is 7. The molecule has 1 heterocycles. The molecule has 0 atom stereocenters. The van der Waals surface area contributed by atoms with Gasteiger partial charge in [0.1, 0.15) is 6.61 Å². The van der Waals surface area contributed by atoms with Gasteiger partial charge in [-0.3, -0.25) is 9.59 Å². The molecular formula is C21H18ClN3O6. The second kappa shape index (κ2) is 10.2. The number of hydrazone groups is 1. The number of methoxy groups -OCH3 is 1. The number of fused-ring (bicyclic) bond motifs is 1. The summed E-state index contributed by atoms with van der Waals surface area (Å²) in [5.41, 5.74) is 3.21. The molecule has 0 spiro atoms. The molecule has 0 aromatic heterocycles. The van der Waals surface area contributed by atoms with Crippen molar-refractivity contribution in [3.8, 4) is 35.3 Å². The van der Waals surface area contributed by atoms with Gasteiger partial charge in [-0.05, 0) is 35.9 Å². The average Bonchev–Trinajstić information content (AvgIpc) is 3.24. The molecule has 2 amide bonds. The summed E-state index contributed by atoms with van der Waals surface area (Å²) in [6, 6.07) is 7.94. The van der Waals surface area contributed by atoms with Crippen LogP contribution in [0.1, 0.15) is 15.9 Å². The molecule has 0 saturated carbocycles. The SMILES string of the molecule is C#CCOc1c(Cl)cc(/C=N/NC(=O)CNC(=O)c2ccc3c(c2)OCO3)cc1OC. The number of benzene rings is 2. The van der Waals surface area contributed by atoms with Crippen LogP contribution in [-0.2, 0) is 4.79 Å². The van der Waals surface area contributed by atoms with Gasteiger partial charge in [-0.25, -0.2) is 5.43 Å². The van der Waals surface area contributed by atoms with Crippen LogP contribution in [0.25, 0.3) is 0 Å². The highest BCUT2D eigenvalue weighted by Crippen LogP contribution is 2.36. The lowest BCUT2D eigenvalue weighted by molar-refractivity contribution is -0.120. The first-order valence-electron chi connectivity index (χ1n) is 8.95. The number of rotatable bonds is 8. The van der Waals surface area contributed by atoms with E-state index in [1.165, 1.54) is 13.3 Å². The van der Waals surface area contributed by atoms with E-state index in [1.807, 2.05) is 0 Å². The molecule has 160 valence electrons. The van der Waals surface area contributed by atoms with E-state index in [4.69, 9.17) is 37.0 Å². The third-order valence-electron chi connectivity index (χ3n) is 4.00. The number of nitrogens with one attached hydrogen (secondary N) is 2. The summed E-state index contributed by atoms with van der Waals surface area (Å²) in [6.07, 6.45) is 6.55. The highest BCUT2D eigenvalue weighted by atomic mass is 35.5. The maximum atomic E-state index is 12.2. The summed E-state index contributed by atoms with van der Waals surface area (Å²) >= 11 is 6.18. The first kappa shape index (κ1) is 21.8. The molecule has 1 aliphatic rings. The van der Waals surface area contributed by atoms with Gasteiger partial charge >= 0.3 is 0 Å². The molecular weight excluding hydrogens is 426 g/mol. The molecule has 3 rings (SSSR count). The highest BCUT2D eigenvalue weighted by molar-refractivity contribution is 6.32. The van der Waals surface area contributed by atoms with E-state index in [1.54, 1.807) is 30.3 Å². The average molecular weight is 444 g/mol. The van der Waals surface area contributed by atoms with Crippen LogP contribution < -0.4 is 29.7 Å². The van der Waals surface area contributed by atoms with Crippen LogP contribution in [0.15, 0.2) is 35.4 Å². The summed E-state index contributed by atoms with van der Waals surface area (Å²) in [7, 11) is 1.46. The van der Waals surface area contributed by atoms with Gasteiger partial charge in [-0.1, -0.05) is 17.5 Å². The Morgan fingerprint density at radius 2 is 2.10 bits per heavy atom. The molecule has 0 unspecified atom stereocenters. The van der Waals surface area contributed by atoms with E-state index in [2.05, 4.69) is 21.8 Å². The Labute approximate surface area is 183 Å². The van der Waals surface area contributed by atoms with E-state index in [9.17, 15) is 9.59 Å². The summed E-state index contributed by atoms with van der Waals surface area (Å²) in [5.74, 6) is 3.12. The lowest BCUT2D eigenvalue weighted by atomic mass is 10.2. The minimum atomic E-state index is -0.516. The Balaban J connectivity index is 1.53. The highest BCUT2D eigenvalue weighted by Gasteiger charge is 2.16. The number of terminal acetylenes is 1. The van der Waals surface area contributed by atoms with Crippen molar-refractivity contribution in [1.82, 2.24) is 10.7 Å². The lowest BCUT2D eigenvalue weighted by Gasteiger charge is -2.11. The summed E-state index contributed by atoms with van der Waals surface area (Å²) in [6.45, 7) is -0.121. The third-order valence-corrected chi connectivity index (χ3v) is 4.28. The van der Waals surface area contributed by atoms with Gasteiger partial charge in [-0.2, -0.15) is 5.10 Å². The zero-order valence-corrected chi connectivity index (χ0v) is 17.2. The molecule has 10 heteroatoms. The Morgan fingerprint density at radius 3 is 2.87 bits per heavy atom. The van der Waals surface area contributed by atoms with E-state index in [0.717, 1.165) is 0 Å². The Bertz CT molecular complexity index is 1060. The lowest BCUT2D eigenvalue weighted by Crippen LogP contribution is -2.34. The summed E-state index contributed by atoms with van der Waals surface area (Å²) in [5, 5.41) is 6.62. The van der Waals surface area contributed by atoms with Crippen molar-refractivity contribution in [2.75, 3.05) is 27.1 Å². The second-order valence-electron chi connectivity index (χ2n) is 6.07. The van der Waals surface area contributed by atoms with Crippen molar-refractivity contribution in [1.29, 1.82) is 0 Å². The van der Waals surface area contributed by atoms with Crippen LogP contribution in [0.5, 0.6) is 23.0 Å². The maximum Gasteiger partial charge on any atom is 0.259 e. The number of nitrogens with zero attached hydrogens (tertiary/aromatic N) is 1. The fourth-order valence-corrected chi connectivity index (χ4v) is 2.86. The van der Waals surface area contributed by atoms with E-state index in [-0.39, 0.29) is 25.0 Å². The van der Waals surface area contributed by atoms with Crippen molar-refractivity contribution in [3.63, 3.8) is 0 Å². The number of amides is 2. The predicted molar refractivity (Wildman–Crippen MR) is 113 cm³/mol. The molecule has 0 fully saturated rings. The normalized spacial score (nSPS) is 11.6. The number of carbonyl (C=O) groups is 2. The number of halogens is 1. The van der Waals surface area contributed by atoms with E-state index >= 15 is 0 Å². The Hall–Kier alpha value is -3.90. The smallest absolute Gasteiger partial charge is 0.259 e. The Kier molecular flexibility index (Phi) is 7.19. The Morgan fingerprint density at radius 1 is 1.29 bits per heavy atom. The zero-order valence-electron chi connectivity index (χ0n) is 16.4. The molecule has 0 radical (unpaired) electrons. The predicted octanol–water partition coefficient (Wildman–Crippen LogP) is 1.97. The van der Waals surface area contributed by atoms with E-state index in [0.29, 0.717) is 34.1 Å². The fourth-order valence-electron chi connectivity index (χ4n) is 2.59. The largest absolute Gasteiger partial charge is 0.493 e. The van der Waals surface area contributed by atoms with Crippen molar-refractivity contribution >= 4 is 29.6 Å². The molecule has 2 N–H and O–H groups in total. The standard InChI is InChI=1S/C21H18ClN3O6/c1-3-6-29-20-15(22)7-13(8-18(20)28-2)10-24-25-19(26)11-23-21(27)14-4-5-16-17(9-14)31-12-30-16/h1,4-5,7-10H,6,11-12H2,2H3,(H,23,27)(H,25,26)/b24-10+. The van der Waals surface area contributed by atoms with Gasteiger partial charge in [0.15, 0.2) is 23.0 Å². The molecule has 0 aliphatic carbocycles. The van der Waals surface area contributed by atoms with Crippen molar-refractivity contribution in [2.45, 2.75) is 0 Å². The van der Waals surface area contributed by atoms with Gasteiger partial charge in [0, 0.05) is 5.56 Å². The van der Waals surface area contributed by atoms with Crippen LogP contribution in [0, 0.1) is 12.3 Å². The first-order chi connectivity index (χ1) is 15.0. The minimum absolute atomic E-state index is 0.0392. The van der Waals surface area contributed by atoms with Gasteiger partial charge in [0.25, 0.3) is 11.8 Å². The molecule has 31 heavy (non-hydrogen) atoms. The van der Waals surface area contributed by atoms with Crippen molar-refractivity contribution < 1.29 is 28.5 Å². The van der Waals surface area contributed by atoms with Crippen LogP contribution in [0.3, 0.4) is 0 Å². The first-order valence-corrected chi connectivity index (χ1v) is 9.33. The minimum Gasteiger partial charge on any atom is -0.493 e. The van der Waals surface area contributed by atoms with Crippen molar-refractivity contribution in [3.05, 3.63) is 46.5 Å². The quantitative estimate of drug-likeness (QED) is 0.367. The van der Waals surface area contributed by atoms with E-state index < -0.39 is 11.8 Å². The van der Waals surface area contributed by atoms with Gasteiger partial charge in [-0.15, -0.1) is 6.42 Å². The summed E-state index contributed by atoms with van der Waals surface area (Å²) < 4.78 is 21.0. The maximum absolute atomic E-state index is 12.2. The molecule has 0 bridgehead atoms. The third kappa shape index (κ3) is 5.58.